The van der Waals surface area contributed by atoms with Gasteiger partial charge in [-0.15, -0.1) is 0 Å². The normalized spacial score (nSPS) is 10.7. The van der Waals surface area contributed by atoms with Crippen molar-refractivity contribution in [2.75, 3.05) is 12.5 Å². The summed E-state index contributed by atoms with van der Waals surface area (Å²) in [6.07, 6.45) is 2.97. The molecular weight excluding hydrogens is 487 g/mol. The number of ether oxygens (including phenoxy) is 2. The lowest BCUT2D eigenvalue weighted by Gasteiger charge is -2.11. The molecule has 1 aromatic heterocycles. The van der Waals surface area contributed by atoms with E-state index in [9.17, 15) is 10.1 Å². The number of hydrogen-bond donors (Lipinski definition) is 1. The van der Waals surface area contributed by atoms with Gasteiger partial charge in [0.25, 0.3) is 0 Å². The maximum absolute atomic E-state index is 11.0. The van der Waals surface area contributed by atoms with Crippen LogP contribution in [0, 0.1) is 13.7 Å². The van der Waals surface area contributed by atoms with Gasteiger partial charge in [-0.1, -0.05) is 12.1 Å². The second-order valence-electron chi connectivity index (χ2n) is 5.82. The maximum atomic E-state index is 11.0. The molecule has 0 atom stereocenters. The fourth-order valence-corrected chi connectivity index (χ4v) is 2.78. The summed E-state index contributed by atoms with van der Waals surface area (Å²) in [4.78, 5) is 14.4. The number of anilines is 1. The first-order valence-corrected chi connectivity index (χ1v) is 9.58. The Balaban J connectivity index is 1.67. The van der Waals surface area contributed by atoms with Crippen LogP contribution in [0.5, 0.6) is 11.5 Å². The smallest absolute Gasteiger partial charge is 0.313 e. The highest BCUT2D eigenvalue weighted by molar-refractivity contribution is 14.1. The van der Waals surface area contributed by atoms with Gasteiger partial charge in [-0.3, -0.25) is 15.5 Å². The number of nitrogens with zero attached hydrogens (tertiary/aromatic N) is 3. The second kappa shape index (κ2) is 9.82. The predicted molar refractivity (Wildman–Crippen MR) is 119 cm³/mol. The summed E-state index contributed by atoms with van der Waals surface area (Å²) in [7, 11) is 1.56. The Kier molecular flexibility index (Phi) is 6.95. The fraction of sp³-hybridized carbons (Fsp3) is 0.100. The Morgan fingerprint density at radius 1 is 1.21 bits per heavy atom. The third-order valence-electron chi connectivity index (χ3n) is 3.86. The Bertz CT molecular complexity index is 1030. The SMILES string of the molecule is COc1cc(/C=N\Nc2ncccc2[N+](=O)[O-])ccc1OCc1ccc(I)cc1. The van der Waals surface area contributed by atoms with Gasteiger partial charge in [-0.25, -0.2) is 4.98 Å². The predicted octanol–water partition coefficient (Wildman–Crippen LogP) is 4.63. The number of nitro groups is 1. The molecule has 0 aliphatic carbocycles. The van der Waals surface area contributed by atoms with Gasteiger partial charge in [0.05, 0.1) is 18.2 Å². The van der Waals surface area contributed by atoms with Gasteiger partial charge < -0.3 is 9.47 Å². The molecular formula is C20H17IN4O4. The van der Waals surface area contributed by atoms with Crippen molar-refractivity contribution in [3.63, 3.8) is 0 Å². The molecule has 0 aliphatic heterocycles. The number of methoxy groups -OCH3 is 1. The molecule has 1 heterocycles. The van der Waals surface area contributed by atoms with E-state index < -0.39 is 4.92 Å². The van der Waals surface area contributed by atoms with E-state index in [1.54, 1.807) is 19.2 Å². The summed E-state index contributed by atoms with van der Waals surface area (Å²) >= 11 is 2.26. The topological polar surface area (TPSA) is 98.9 Å². The summed E-state index contributed by atoms with van der Waals surface area (Å²) in [5, 5.41) is 15.0. The molecule has 2 aromatic carbocycles. The van der Waals surface area contributed by atoms with Crippen molar-refractivity contribution in [2.24, 2.45) is 5.10 Å². The molecule has 9 heteroatoms. The van der Waals surface area contributed by atoms with Crippen molar-refractivity contribution in [3.05, 3.63) is 85.6 Å². The number of pyridine rings is 1. The summed E-state index contributed by atoms with van der Waals surface area (Å²) in [6, 6.07) is 16.3. The third kappa shape index (κ3) is 5.64. The summed E-state index contributed by atoms with van der Waals surface area (Å²) in [5.74, 6) is 1.23. The zero-order chi connectivity index (χ0) is 20.6. The minimum absolute atomic E-state index is 0.0678. The number of rotatable bonds is 8. The first-order chi connectivity index (χ1) is 14.1. The van der Waals surface area contributed by atoms with E-state index in [0.717, 1.165) is 14.7 Å². The Hall–Kier alpha value is -3.21. The second-order valence-corrected chi connectivity index (χ2v) is 7.07. The molecule has 0 spiro atoms. The standard InChI is InChI=1S/C20H17IN4O4/c1-28-19-11-15(12-23-24-20-17(25(26)27)3-2-10-22-20)6-9-18(19)29-13-14-4-7-16(21)8-5-14/h2-12H,13H2,1H3,(H,22,24)/b23-12-. The van der Waals surface area contributed by atoms with Crippen LogP contribution in [0.25, 0.3) is 0 Å². The number of halogens is 1. The first-order valence-electron chi connectivity index (χ1n) is 8.50. The van der Waals surface area contributed by atoms with E-state index in [4.69, 9.17) is 9.47 Å². The van der Waals surface area contributed by atoms with Crippen molar-refractivity contribution in [1.82, 2.24) is 4.98 Å². The maximum Gasteiger partial charge on any atom is 0.313 e. The van der Waals surface area contributed by atoms with Crippen molar-refractivity contribution < 1.29 is 14.4 Å². The van der Waals surface area contributed by atoms with E-state index in [2.05, 4.69) is 38.1 Å². The molecule has 0 bridgehead atoms. The van der Waals surface area contributed by atoms with Gasteiger partial charge in [0.1, 0.15) is 6.61 Å². The van der Waals surface area contributed by atoms with Crippen LogP contribution in [0.4, 0.5) is 11.5 Å². The van der Waals surface area contributed by atoms with E-state index in [-0.39, 0.29) is 11.5 Å². The Morgan fingerprint density at radius 2 is 2.00 bits per heavy atom. The zero-order valence-electron chi connectivity index (χ0n) is 15.4. The van der Waals surface area contributed by atoms with Crippen LogP contribution in [-0.2, 0) is 6.61 Å². The number of aromatic nitrogens is 1. The number of nitrogens with one attached hydrogen (secondary N) is 1. The highest BCUT2D eigenvalue weighted by Crippen LogP contribution is 2.28. The molecule has 0 amide bonds. The molecule has 0 aliphatic rings. The third-order valence-corrected chi connectivity index (χ3v) is 4.58. The number of hydrazone groups is 1. The van der Waals surface area contributed by atoms with Crippen molar-refractivity contribution >= 4 is 40.3 Å². The van der Waals surface area contributed by atoms with Crippen molar-refractivity contribution in [1.29, 1.82) is 0 Å². The van der Waals surface area contributed by atoms with Crippen LogP contribution in [0.3, 0.4) is 0 Å². The summed E-state index contributed by atoms with van der Waals surface area (Å²) in [5.41, 5.74) is 4.22. The van der Waals surface area contributed by atoms with E-state index >= 15 is 0 Å². The van der Waals surface area contributed by atoms with Gasteiger partial charge >= 0.3 is 5.69 Å². The van der Waals surface area contributed by atoms with E-state index in [0.29, 0.717) is 18.1 Å². The van der Waals surface area contributed by atoms with Crippen molar-refractivity contribution in [2.45, 2.75) is 6.61 Å². The lowest BCUT2D eigenvalue weighted by atomic mass is 10.2. The molecule has 3 aromatic rings. The molecule has 29 heavy (non-hydrogen) atoms. The molecule has 1 N–H and O–H groups in total. The van der Waals surface area contributed by atoms with Crippen LogP contribution in [0.1, 0.15) is 11.1 Å². The Labute approximate surface area is 180 Å². The van der Waals surface area contributed by atoms with Crippen LogP contribution in [0.2, 0.25) is 0 Å². The van der Waals surface area contributed by atoms with Gasteiger partial charge in [0.15, 0.2) is 11.5 Å². The minimum Gasteiger partial charge on any atom is -0.493 e. The average Bonchev–Trinajstić information content (AvgIpc) is 2.74. The van der Waals surface area contributed by atoms with Crippen LogP contribution in [0.15, 0.2) is 65.9 Å². The number of hydrogen-bond acceptors (Lipinski definition) is 7. The highest BCUT2D eigenvalue weighted by Gasteiger charge is 2.13. The lowest BCUT2D eigenvalue weighted by Crippen LogP contribution is -2.00. The van der Waals surface area contributed by atoms with Crippen molar-refractivity contribution in [3.8, 4) is 11.5 Å². The van der Waals surface area contributed by atoms with E-state index in [1.165, 1.54) is 24.5 Å². The average molecular weight is 504 g/mol. The Morgan fingerprint density at radius 3 is 2.72 bits per heavy atom. The van der Waals surface area contributed by atoms with Crippen LogP contribution in [-0.4, -0.2) is 23.2 Å². The molecule has 3 rings (SSSR count). The molecule has 148 valence electrons. The van der Waals surface area contributed by atoms with E-state index in [1.807, 2.05) is 30.3 Å². The van der Waals surface area contributed by atoms with Crippen LogP contribution < -0.4 is 14.9 Å². The molecule has 0 saturated heterocycles. The lowest BCUT2D eigenvalue weighted by molar-refractivity contribution is -0.384. The number of benzene rings is 2. The largest absolute Gasteiger partial charge is 0.493 e. The quantitative estimate of drug-likeness (QED) is 0.208. The first kappa shape index (κ1) is 20.5. The summed E-state index contributed by atoms with van der Waals surface area (Å²) < 4.78 is 12.4. The molecule has 0 radical (unpaired) electrons. The van der Waals surface area contributed by atoms with Gasteiger partial charge in [-0.2, -0.15) is 5.10 Å². The van der Waals surface area contributed by atoms with Gasteiger partial charge in [0.2, 0.25) is 5.82 Å². The minimum atomic E-state index is -0.520. The van der Waals surface area contributed by atoms with Gasteiger partial charge in [0, 0.05) is 15.8 Å². The highest BCUT2D eigenvalue weighted by atomic mass is 127. The monoisotopic (exact) mass is 504 g/mol. The van der Waals surface area contributed by atoms with Crippen LogP contribution >= 0.6 is 22.6 Å². The molecule has 0 unspecified atom stereocenters. The molecule has 8 nitrogen and oxygen atoms in total. The van der Waals surface area contributed by atoms with Gasteiger partial charge in [-0.05, 0) is 70.1 Å². The zero-order valence-corrected chi connectivity index (χ0v) is 17.6. The fourth-order valence-electron chi connectivity index (χ4n) is 2.42. The molecule has 0 fully saturated rings. The molecule has 0 saturated carbocycles. The summed E-state index contributed by atoms with van der Waals surface area (Å²) in [6.45, 7) is 0.422.